The van der Waals surface area contributed by atoms with Gasteiger partial charge in [-0.15, -0.1) is 0 Å². The van der Waals surface area contributed by atoms with Crippen LogP contribution in [0.5, 0.6) is 0 Å². The summed E-state index contributed by atoms with van der Waals surface area (Å²) >= 11 is 0. The summed E-state index contributed by atoms with van der Waals surface area (Å²) in [5.74, 6) is -0.963. The third kappa shape index (κ3) is 37.1. The molecule has 7 N–H and O–H groups in total. The largest absolute Gasteiger partial charge is 0.462 e. The first-order valence-electron chi connectivity index (χ1n) is 32.6. The minimum absolute atomic E-state index is 0.107. The molecule has 2 saturated heterocycles. The molecule has 4 unspecified atom stereocenters. The molecule has 0 aromatic heterocycles. The van der Waals surface area contributed by atoms with Crippen LogP contribution in [0.2, 0.25) is 0 Å². The Morgan fingerprint density at radius 2 is 0.738 bits per heavy atom. The average molecular weight is 1140 g/mol. The van der Waals surface area contributed by atoms with Gasteiger partial charge in [-0.2, -0.15) is 0 Å². The molecule has 0 radical (unpaired) electrons. The van der Waals surface area contributed by atoms with Crippen LogP contribution in [0.1, 0.15) is 271 Å². The third-order valence-corrected chi connectivity index (χ3v) is 15.6. The molecular weight excluding hydrogens is 1020 g/mol. The predicted molar refractivity (Wildman–Crippen MR) is 317 cm³/mol. The van der Waals surface area contributed by atoms with Gasteiger partial charge in [-0.1, -0.05) is 224 Å². The van der Waals surface area contributed by atoms with Crippen LogP contribution in [0.3, 0.4) is 0 Å². The maximum absolute atomic E-state index is 13.1. The zero-order valence-corrected chi connectivity index (χ0v) is 50.3. The molecule has 0 aliphatic carbocycles. The Kier molecular flexibility index (Phi) is 47.2. The highest BCUT2D eigenvalue weighted by molar-refractivity contribution is 5.70. The summed E-state index contributed by atoms with van der Waals surface area (Å²) < 4.78 is 33.7. The number of aliphatic hydroxyl groups excluding tert-OH is 7. The highest BCUT2D eigenvalue weighted by Gasteiger charge is 2.47. The van der Waals surface area contributed by atoms with E-state index in [2.05, 4.69) is 50.3 Å². The molecule has 0 amide bonds. The number of ether oxygens (including phenoxy) is 6. The van der Waals surface area contributed by atoms with Crippen molar-refractivity contribution in [3.05, 3.63) is 36.5 Å². The van der Waals surface area contributed by atoms with E-state index in [0.29, 0.717) is 19.3 Å². The van der Waals surface area contributed by atoms with E-state index < -0.39 is 99.3 Å². The number of rotatable bonds is 53. The summed E-state index contributed by atoms with van der Waals surface area (Å²) in [7, 11) is 0. The molecule has 15 nitrogen and oxygen atoms in total. The van der Waals surface area contributed by atoms with Crippen LogP contribution >= 0.6 is 0 Å². The van der Waals surface area contributed by atoms with Gasteiger partial charge >= 0.3 is 11.9 Å². The van der Waals surface area contributed by atoms with Crippen LogP contribution in [0.15, 0.2) is 36.5 Å². The maximum atomic E-state index is 13.1. The molecule has 2 rings (SSSR count). The molecule has 0 aromatic carbocycles. The average Bonchev–Trinajstić information content (AvgIpc) is 3.50. The SMILES string of the molecule is CCCCCCCC/C=C/CCCCCCCCCCCCCC(=O)OC[C@H](CO[C@H]1O[C@@H](CO[C@H]2O[C@@H](CO)[C@@H](O)C(O)C2O)[C@@H](O)C(O)C1O)OC(=O)CCC/C=C/CC/C=C/CCCCCCCCCCCCCCCC. The van der Waals surface area contributed by atoms with Crippen LogP contribution in [0.4, 0.5) is 0 Å². The van der Waals surface area contributed by atoms with Gasteiger partial charge in [-0.3, -0.25) is 9.59 Å². The van der Waals surface area contributed by atoms with Crippen molar-refractivity contribution in [2.45, 2.75) is 338 Å². The minimum atomic E-state index is -1.77. The molecule has 2 fully saturated rings. The van der Waals surface area contributed by atoms with E-state index in [-0.39, 0.29) is 19.4 Å². The van der Waals surface area contributed by atoms with E-state index in [9.17, 15) is 45.3 Å². The van der Waals surface area contributed by atoms with Crippen molar-refractivity contribution in [1.82, 2.24) is 0 Å². The van der Waals surface area contributed by atoms with Gasteiger partial charge in [0.05, 0.1) is 19.8 Å². The first kappa shape index (κ1) is 73.8. The smallest absolute Gasteiger partial charge is 0.306 e. The molecule has 80 heavy (non-hydrogen) atoms. The fourth-order valence-corrected chi connectivity index (χ4v) is 10.3. The van der Waals surface area contributed by atoms with Crippen LogP contribution in [-0.4, -0.2) is 142 Å². The molecular formula is C65H118O15. The first-order valence-corrected chi connectivity index (χ1v) is 32.6. The highest BCUT2D eigenvalue weighted by atomic mass is 16.7. The van der Waals surface area contributed by atoms with Gasteiger partial charge in [0.25, 0.3) is 0 Å². The van der Waals surface area contributed by atoms with E-state index in [4.69, 9.17) is 28.4 Å². The second-order valence-electron chi connectivity index (χ2n) is 22.9. The van der Waals surface area contributed by atoms with Gasteiger partial charge in [-0.05, 0) is 70.6 Å². The molecule has 2 aliphatic rings. The molecule has 15 heteroatoms. The predicted octanol–water partition coefficient (Wildman–Crippen LogP) is 12.4. The van der Waals surface area contributed by atoms with Crippen LogP contribution in [0, 0.1) is 0 Å². The number of unbranched alkanes of at least 4 members (excludes halogenated alkanes) is 33. The molecule has 0 bridgehead atoms. The van der Waals surface area contributed by atoms with Crippen molar-refractivity contribution >= 4 is 11.9 Å². The first-order chi connectivity index (χ1) is 39.0. The fraction of sp³-hybridized carbons (Fsp3) is 0.877. The maximum Gasteiger partial charge on any atom is 0.306 e. The topological polar surface area (TPSA) is 231 Å². The summed E-state index contributed by atoms with van der Waals surface area (Å²) in [5, 5.41) is 72.4. The number of hydrogen-bond acceptors (Lipinski definition) is 15. The van der Waals surface area contributed by atoms with Crippen molar-refractivity contribution in [2.75, 3.05) is 26.4 Å². The van der Waals surface area contributed by atoms with Crippen molar-refractivity contribution in [2.24, 2.45) is 0 Å². The van der Waals surface area contributed by atoms with E-state index in [1.807, 2.05) is 0 Å². The molecule has 0 aromatic rings. The Balaban J connectivity index is 1.72. The van der Waals surface area contributed by atoms with Crippen LogP contribution in [0.25, 0.3) is 0 Å². The van der Waals surface area contributed by atoms with Crippen LogP contribution in [-0.2, 0) is 38.0 Å². The second-order valence-corrected chi connectivity index (χ2v) is 22.9. The Morgan fingerprint density at radius 3 is 1.18 bits per heavy atom. The minimum Gasteiger partial charge on any atom is -0.462 e. The van der Waals surface area contributed by atoms with E-state index >= 15 is 0 Å². The number of carbonyl (C=O) groups is 2. The fourth-order valence-electron chi connectivity index (χ4n) is 10.3. The van der Waals surface area contributed by atoms with E-state index in [1.165, 1.54) is 186 Å². The van der Waals surface area contributed by atoms with E-state index in [0.717, 1.165) is 38.5 Å². The van der Waals surface area contributed by atoms with Gasteiger partial charge in [0.15, 0.2) is 18.7 Å². The van der Waals surface area contributed by atoms with Gasteiger partial charge in [0.2, 0.25) is 0 Å². The lowest BCUT2D eigenvalue weighted by molar-refractivity contribution is -0.332. The molecule has 2 aliphatic heterocycles. The molecule has 11 atom stereocenters. The summed E-state index contributed by atoms with van der Waals surface area (Å²) in [4.78, 5) is 26.0. The molecule has 2 heterocycles. The molecule has 468 valence electrons. The lowest BCUT2D eigenvalue weighted by atomic mass is 9.98. The zero-order chi connectivity index (χ0) is 58.1. The second kappa shape index (κ2) is 51.2. The number of allylic oxidation sites excluding steroid dienone is 6. The van der Waals surface area contributed by atoms with Crippen molar-refractivity contribution in [3.63, 3.8) is 0 Å². The monoisotopic (exact) mass is 1140 g/mol. The summed E-state index contributed by atoms with van der Waals surface area (Å²) in [5.41, 5.74) is 0. The Labute approximate surface area is 485 Å². The van der Waals surface area contributed by atoms with Crippen LogP contribution < -0.4 is 0 Å². The van der Waals surface area contributed by atoms with Gasteiger partial charge < -0.3 is 64.2 Å². The standard InChI is InChI=1S/C65H118O15/c1-3-5-7-9-11-13-15-17-19-21-23-25-26-28-30-32-34-36-38-40-42-44-46-48-57(68)78-53(51-76-64-63(74)61(72)59(70)55(80-64)52-77-65-62(73)60(71)58(69)54(49-66)79-65)50-75-56(67)47-45-43-41-39-37-35-33-31-29-27-24-22-20-18-16-14-12-10-8-6-4-2/h18,20,32,34,40,42,53-55,58-66,69-74H,3-17,19,21-31,33,35-39,41,43-52H2,1-2H3/b20-18+,34-32+,42-40+/t53-,54+,55+,58-,59-,60?,61?,62?,63?,64+,65+/m1/s1. The van der Waals surface area contributed by atoms with Crippen molar-refractivity contribution in [1.29, 1.82) is 0 Å². The Morgan fingerprint density at radius 1 is 0.388 bits per heavy atom. The van der Waals surface area contributed by atoms with Crippen molar-refractivity contribution < 1.29 is 73.8 Å². The zero-order valence-electron chi connectivity index (χ0n) is 50.3. The number of hydrogen-bond donors (Lipinski definition) is 7. The lowest BCUT2D eigenvalue weighted by Gasteiger charge is -2.42. The number of esters is 2. The quantitative estimate of drug-likeness (QED) is 0.0171. The number of aliphatic hydroxyl groups is 7. The molecule has 0 saturated carbocycles. The van der Waals surface area contributed by atoms with Gasteiger partial charge in [0, 0.05) is 12.8 Å². The van der Waals surface area contributed by atoms with E-state index in [1.54, 1.807) is 0 Å². The van der Waals surface area contributed by atoms with Crippen molar-refractivity contribution in [3.8, 4) is 0 Å². The summed E-state index contributed by atoms with van der Waals surface area (Å²) in [6, 6.07) is 0. The summed E-state index contributed by atoms with van der Waals surface area (Å²) in [6.45, 7) is 2.61. The Hall–Kier alpha value is -2.28. The number of carbonyl (C=O) groups excluding carboxylic acids is 2. The molecule has 0 spiro atoms. The normalized spacial score (nSPS) is 23.9. The third-order valence-electron chi connectivity index (χ3n) is 15.6. The van der Waals surface area contributed by atoms with Gasteiger partial charge in [-0.25, -0.2) is 0 Å². The Bertz CT molecular complexity index is 1530. The summed E-state index contributed by atoms with van der Waals surface area (Å²) in [6.07, 6.45) is 43.2. The lowest BCUT2D eigenvalue weighted by Crippen LogP contribution is -2.61. The van der Waals surface area contributed by atoms with Gasteiger partial charge in [0.1, 0.15) is 55.4 Å². The highest BCUT2D eigenvalue weighted by Crippen LogP contribution is 2.27.